The molecular formula is C16H21N3O2. The third-order valence-electron chi connectivity index (χ3n) is 2.61. The highest BCUT2D eigenvalue weighted by atomic mass is 16.3. The predicted octanol–water partition coefficient (Wildman–Crippen LogP) is 1.59. The quantitative estimate of drug-likeness (QED) is 0.567. The number of rotatable bonds is 5. The first-order valence-corrected chi connectivity index (χ1v) is 6.70. The summed E-state index contributed by atoms with van der Waals surface area (Å²) < 4.78 is 0. The Hall–Kier alpha value is -2.32. The molecule has 0 unspecified atom stereocenters. The van der Waals surface area contributed by atoms with Crippen molar-refractivity contribution in [1.29, 1.82) is 5.26 Å². The minimum absolute atomic E-state index is 0.0131. The molecule has 0 heterocycles. The molecule has 0 aliphatic carbocycles. The molecule has 0 saturated heterocycles. The van der Waals surface area contributed by atoms with Gasteiger partial charge in [-0.05, 0) is 31.9 Å². The molecule has 5 nitrogen and oxygen atoms in total. The summed E-state index contributed by atoms with van der Waals surface area (Å²) in [6.45, 7) is 6.08. The van der Waals surface area contributed by atoms with Crippen LogP contribution in [0.4, 0.5) is 0 Å². The first-order chi connectivity index (χ1) is 9.85. The van der Waals surface area contributed by atoms with Crippen molar-refractivity contribution in [2.75, 3.05) is 0 Å². The Morgan fingerprint density at radius 3 is 2.33 bits per heavy atom. The predicted molar refractivity (Wildman–Crippen MR) is 80.8 cm³/mol. The molecule has 0 spiro atoms. The summed E-state index contributed by atoms with van der Waals surface area (Å²) in [4.78, 5) is 11.8. The van der Waals surface area contributed by atoms with Crippen LogP contribution in [0.2, 0.25) is 0 Å². The molecule has 5 heteroatoms. The SMILES string of the molecule is CC(C)(C)NC(=O)/C(C#N)=C\NCc1ccc(CO)cc1. The molecular weight excluding hydrogens is 266 g/mol. The monoisotopic (exact) mass is 287 g/mol. The number of benzene rings is 1. The zero-order valence-electron chi connectivity index (χ0n) is 12.6. The lowest BCUT2D eigenvalue weighted by molar-refractivity contribution is -0.118. The number of carbonyl (C=O) groups excluding carboxylic acids is 1. The van der Waals surface area contributed by atoms with E-state index in [1.165, 1.54) is 6.20 Å². The fraction of sp³-hybridized carbons (Fsp3) is 0.375. The maximum Gasteiger partial charge on any atom is 0.263 e. The minimum Gasteiger partial charge on any atom is -0.392 e. The second-order valence-electron chi connectivity index (χ2n) is 5.73. The Bertz CT molecular complexity index is 548. The Morgan fingerprint density at radius 1 is 1.29 bits per heavy atom. The Morgan fingerprint density at radius 2 is 1.86 bits per heavy atom. The third kappa shape index (κ3) is 6.11. The first kappa shape index (κ1) is 16.7. The number of nitrogens with zero attached hydrogens (tertiary/aromatic N) is 1. The molecule has 112 valence electrons. The summed E-state index contributed by atoms with van der Waals surface area (Å²) in [5.74, 6) is -0.395. The third-order valence-corrected chi connectivity index (χ3v) is 2.61. The molecule has 1 rings (SSSR count). The van der Waals surface area contributed by atoms with Gasteiger partial charge in [0.05, 0.1) is 6.61 Å². The van der Waals surface area contributed by atoms with E-state index < -0.39 is 5.91 Å². The number of aliphatic hydroxyl groups is 1. The van der Waals surface area contributed by atoms with E-state index in [4.69, 9.17) is 10.4 Å². The zero-order chi connectivity index (χ0) is 15.9. The van der Waals surface area contributed by atoms with Crippen LogP contribution in [0.5, 0.6) is 0 Å². The molecule has 21 heavy (non-hydrogen) atoms. The Kier molecular flexibility index (Phi) is 5.94. The molecule has 1 amide bonds. The Balaban J connectivity index is 2.60. The number of nitriles is 1. The van der Waals surface area contributed by atoms with Gasteiger partial charge in [-0.3, -0.25) is 4.79 Å². The van der Waals surface area contributed by atoms with E-state index in [1.54, 1.807) is 0 Å². The van der Waals surface area contributed by atoms with Crippen LogP contribution >= 0.6 is 0 Å². The number of carbonyl (C=O) groups is 1. The van der Waals surface area contributed by atoms with Crippen molar-refractivity contribution in [3.63, 3.8) is 0 Å². The Labute approximate surface area is 125 Å². The fourth-order valence-corrected chi connectivity index (χ4v) is 1.59. The van der Waals surface area contributed by atoms with Gasteiger partial charge in [-0.15, -0.1) is 0 Å². The molecule has 0 aliphatic heterocycles. The van der Waals surface area contributed by atoms with Crippen LogP contribution in [0.1, 0.15) is 31.9 Å². The van der Waals surface area contributed by atoms with Gasteiger partial charge >= 0.3 is 0 Å². The van der Waals surface area contributed by atoms with Gasteiger partial charge in [-0.25, -0.2) is 0 Å². The summed E-state index contributed by atoms with van der Waals surface area (Å²) >= 11 is 0. The van der Waals surface area contributed by atoms with E-state index in [2.05, 4.69) is 10.6 Å². The van der Waals surface area contributed by atoms with E-state index in [-0.39, 0.29) is 17.7 Å². The number of nitrogens with one attached hydrogen (secondary N) is 2. The normalized spacial score (nSPS) is 11.7. The van der Waals surface area contributed by atoms with Gasteiger partial charge in [0.1, 0.15) is 11.6 Å². The topological polar surface area (TPSA) is 85.2 Å². The second kappa shape index (κ2) is 7.46. The van der Waals surface area contributed by atoms with Crippen molar-refractivity contribution in [2.45, 2.75) is 39.5 Å². The molecule has 1 aromatic rings. The molecule has 0 aromatic heterocycles. The lowest BCUT2D eigenvalue weighted by Crippen LogP contribution is -2.41. The van der Waals surface area contributed by atoms with E-state index >= 15 is 0 Å². The summed E-state index contributed by atoms with van der Waals surface area (Å²) in [6.07, 6.45) is 1.42. The lowest BCUT2D eigenvalue weighted by atomic mass is 10.1. The van der Waals surface area contributed by atoms with Gasteiger partial charge in [0.25, 0.3) is 5.91 Å². The number of hydrogen-bond acceptors (Lipinski definition) is 4. The number of aliphatic hydroxyl groups excluding tert-OH is 1. The molecule has 0 bridgehead atoms. The van der Waals surface area contributed by atoms with E-state index in [9.17, 15) is 4.79 Å². The van der Waals surface area contributed by atoms with Crippen LogP contribution in [0.3, 0.4) is 0 Å². The summed E-state index contributed by atoms with van der Waals surface area (Å²) in [5, 5.41) is 23.7. The highest BCUT2D eigenvalue weighted by molar-refractivity contribution is 5.97. The van der Waals surface area contributed by atoms with Gasteiger partial charge in [0, 0.05) is 18.3 Å². The minimum atomic E-state index is -0.395. The number of hydrogen-bond donors (Lipinski definition) is 3. The molecule has 0 aliphatic rings. The second-order valence-corrected chi connectivity index (χ2v) is 5.73. The van der Waals surface area contributed by atoms with Crippen LogP contribution in [0.25, 0.3) is 0 Å². The van der Waals surface area contributed by atoms with Crippen LogP contribution in [-0.4, -0.2) is 16.6 Å². The summed E-state index contributed by atoms with van der Waals surface area (Å²) in [6, 6.07) is 9.31. The standard InChI is InChI=1S/C16H21N3O2/c1-16(2,3)19-15(21)14(8-17)10-18-9-12-4-6-13(11-20)7-5-12/h4-7,10,18,20H,9,11H2,1-3H3,(H,19,21)/b14-10-. The highest BCUT2D eigenvalue weighted by Crippen LogP contribution is 2.05. The van der Waals surface area contributed by atoms with Crippen LogP contribution < -0.4 is 10.6 Å². The van der Waals surface area contributed by atoms with Gasteiger partial charge in [0.15, 0.2) is 0 Å². The molecule has 0 radical (unpaired) electrons. The van der Waals surface area contributed by atoms with Crippen molar-refractivity contribution >= 4 is 5.91 Å². The molecule has 0 saturated carbocycles. The maximum absolute atomic E-state index is 11.8. The van der Waals surface area contributed by atoms with Gasteiger partial charge in [0.2, 0.25) is 0 Å². The molecule has 0 atom stereocenters. The maximum atomic E-state index is 11.8. The van der Waals surface area contributed by atoms with E-state index in [1.807, 2.05) is 51.1 Å². The largest absolute Gasteiger partial charge is 0.392 e. The average Bonchev–Trinajstić information content (AvgIpc) is 2.42. The molecule has 3 N–H and O–H groups in total. The van der Waals surface area contributed by atoms with Crippen molar-refractivity contribution in [1.82, 2.24) is 10.6 Å². The smallest absolute Gasteiger partial charge is 0.263 e. The molecule has 1 aromatic carbocycles. The highest BCUT2D eigenvalue weighted by Gasteiger charge is 2.16. The molecule has 0 fully saturated rings. The van der Waals surface area contributed by atoms with Crippen LogP contribution in [0, 0.1) is 11.3 Å². The van der Waals surface area contributed by atoms with Gasteiger partial charge in [-0.1, -0.05) is 24.3 Å². The van der Waals surface area contributed by atoms with Gasteiger partial charge < -0.3 is 15.7 Å². The number of amides is 1. The average molecular weight is 287 g/mol. The van der Waals surface area contributed by atoms with Crippen molar-refractivity contribution in [2.24, 2.45) is 0 Å². The van der Waals surface area contributed by atoms with Crippen molar-refractivity contribution in [3.8, 4) is 6.07 Å². The van der Waals surface area contributed by atoms with Crippen LogP contribution in [-0.2, 0) is 17.9 Å². The van der Waals surface area contributed by atoms with E-state index in [0.29, 0.717) is 6.54 Å². The van der Waals surface area contributed by atoms with Gasteiger partial charge in [-0.2, -0.15) is 5.26 Å². The summed E-state index contributed by atoms with van der Waals surface area (Å²) in [7, 11) is 0. The fourth-order valence-electron chi connectivity index (χ4n) is 1.59. The first-order valence-electron chi connectivity index (χ1n) is 6.70. The van der Waals surface area contributed by atoms with Crippen molar-refractivity contribution < 1.29 is 9.90 Å². The van der Waals surface area contributed by atoms with E-state index in [0.717, 1.165) is 11.1 Å². The lowest BCUT2D eigenvalue weighted by Gasteiger charge is -2.20. The van der Waals surface area contributed by atoms with Crippen molar-refractivity contribution in [3.05, 3.63) is 47.2 Å². The summed E-state index contributed by atoms with van der Waals surface area (Å²) in [5.41, 5.74) is 1.50. The zero-order valence-corrected chi connectivity index (χ0v) is 12.6. The van der Waals surface area contributed by atoms with Crippen LogP contribution in [0.15, 0.2) is 36.0 Å².